The van der Waals surface area contributed by atoms with Gasteiger partial charge >= 0.3 is 6.03 Å². The maximum Gasteiger partial charge on any atom is 0.315 e. The van der Waals surface area contributed by atoms with Crippen LogP contribution in [0, 0.1) is 0 Å². The summed E-state index contributed by atoms with van der Waals surface area (Å²) >= 11 is 0. The molecule has 106 valence electrons. The first-order chi connectivity index (χ1) is 8.65. The molecule has 0 aromatic heterocycles. The lowest BCUT2D eigenvalue weighted by Gasteiger charge is -2.27. The molecule has 1 rings (SSSR count). The molecule has 0 saturated heterocycles. The molecule has 0 aromatic carbocycles. The lowest BCUT2D eigenvalue weighted by Crippen LogP contribution is -2.47. The van der Waals surface area contributed by atoms with Crippen LogP contribution in [0.3, 0.4) is 0 Å². The fourth-order valence-corrected chi connectivity index (χ4v) is 2.24. The van der Waals surface area contributed by atoms with Gasteiger partial charge in [-0.1, -0.05) is 13.8 Å². The van der Waals surface area contributed by atoms with Crippen LogP contribution in [0.5, 0.6) is 0 Å². The Balaban J connectivity index is 2.04. The second-order valence-electron chi connectivity index (χ2n) is 5.32. The van der Waals surface area contributed by atoms with E-state index in [1.54, 1.807) is 0 Å². The molecular weight excluding hydrogens is 226 g/mol. The zero-order valence-electron chi connectivity index (χ0n) is 12.2. The Bertz CT molecular complexity index is 237. The van der Waals surface area contributed by atoms with E-state index in [1.807, 2.05) is 0 Å². The normalized spacial score (nSPS) is 17.3. The van der Waals surface area contributed by atoms with Gasteiger partial charge in [-0.2, -0.15) is 0 Å². The standard InChI is InChI=1S/C14H29N3O/c1-4-17(5-2)11-7-8-12(3)15-14(18)16-13-9-6-10-13/h12-13H,4-11H2,1-3H3,(H2,15,16,18). The van der Waals surface area contributed by atoms with Crippen molar-refractivity contribution < 1.29 is 4.79 Å². The van der Waals surface area contributed by atoms with Crippen LogP contribution >= 0.6 is 0 Å². The number of hydrogen-bond donors (Lipinski definition) is 2. The lowest BCUT2D eigenvalue weighted by molar-refractivity contribution is 0.223. The third kappa shape index (κ3) is 5.71. The predicted molar refractivity (Wildman–Crippen MR) is 75.8 cm³/mol. The molecule has 1 aliphatic rings. The quantitative estimate of drug-likeness (QED) is 0.699. The van der Waals surface area contributed by atoms with E-state index in [0.29, 0.717) is 6.04 Å². The maximum atomic E-state index is 11.6. The molecule has 0 heterocycles. The number of carbonyl (C=O) groups is 1. The van der Waals surface area contributed by atoms with Crippen molar-refractivity contribution in [2.45, 2.75) is 65.0 Å². The van der Waals surface area contributed by atoms with Gasteiger partial charge in [-0.15, -0.1) is 0 Å². The third-order valence-electron chi connectivity index (χ3n) is 3.82. The number of amides is 2. The van der Waals surface area contributed by atoms with Crippen LogP contribution < -0.4 is 10.6 Å². The highest BCUT2D eigenvalue weighted by molar-refractivity contribution is 5.74. The van der Waals surface area contributed by atoms with Crippen LogP contribution in [0.4, 0.5) is 4.79 Å². The minimum absolute atomic E-state index is 0.00930. The van der Waals surface area contributed by atoms with Crippen molar-refractivity contribution in [3.05, 3.63) is 0 Å². The first kappa shape index (κ1) is 15.3. The van der Waals surface area contributed by atoms with Crippen molar-refractivity contribution in [2.75, 3.05) is 19.6 Å². The van der Waals surface area contributed by atoms with E-state index in [-0.39, 0.29) is 12.1 Å². The number of hydrogen-bond acceptors (Lipinski definition) is 2. The zero-order valence-corrected chi connectivity index (χ0v) is 12.2. The smallest absolute Gasteiger partial charge is 0.315 e. The largest absolute Gasteiger partial charge is 0.336 e. The molecule has 2 amide bonds. The monoisotopic (exact) mass is 255 g/mol. The van der Waals surface area contributed by atoms with E-state index in [2.05, 4.69) is 36.3 Å². The Labute approximate surface area is 111 Å². The van der Waals surface area contributed by atoms with Crippen molar-refractivity contribution in [2.24, 2.45) is 0 Å². The Morgan fingerprint density at radius 3 is 2.50 bits per heavy atom. The average Bonchev–Trinajstić information content (AvgIpc) is 2.29. The summed E-state index contributed by atoms with van der Waals surface area (Å²) in [6.45, 7) is 9.82. The van der Waals surface area contributed by atoms with Gasteiger partial charge in [0.2, 0.25) is 0 Å². The minimum Gasteiger partial charge on any atom is -0.336 e. The summed E-state index contributed by atoms with van der Waals surface area (Å²) in [4.78, 5) is 14.1. The molecule has 0 bridgehead atoms. The molecule has 1 atom stereocenters. The highest BCUT2D eigenvalue weighted by Gasteiger charge is 2.19. The molecule has 1 fully saturated rings. The van der Waals surface area contributed by atoms with E-state index < -0.39 is 0 Å². The van der Waals surface area contributed by atoms with Crippen LogP contribution in [-0.4, -0.2) is 42.6 Å². The Kier molecular flexibility index (Phi) is 7.09. The van der Waals surface area contributed by atoms with Crippen molar-refractivity contribution in [1.82, 2.24) is 15.5 Å². The predicted octanol–water partition coefficient (Wildman–Crippen LogP) is 2.35. The number of carbonyl (C=O) groups excluding carboxylic acids is 1. The van der Waals surface area contributed by atoms with Gasteiger partial charge in [0.05, 0.1) is 0 Å². The van der Waals surface area contributed by atoms with Crippen LogP contribution in [0.15, 0.2) is 0 Å². The number of rotatable bonds is 8. The number of nitrogens with zero attached hydrogens (tertiary/aromatic N) is 1. The van der Waals surface area contributed by atoms with E-state index in [9.17, 15) is 4.79 Å². The fraction of sp³-hybridized carbons (Fsp3) is 0.929. The highest BCUT2D eigenvalue weighted by atomic mass is 16.2. The molecule has 2 N–H and O–H groups in total. The molecule has 4 nitrogen and oxygen atoms in total. The lowest BCUT2D eigenvalue weighted by atomic mass is 9.93. The topological polar surface area (TPSA) is 44.4 Å². The van der Waals surface area contributed by atoms with E-state index >= 15 is 0 Å². The molecule has 1 saturated carbocycles. The molecule has 0 radical (unpaired) electrons. The van der Waals surface area contributed by atoms with Crippen molar-refractivity contribution in [3.8, 4) is 0 Å². The molecule has 1 aliphatic carbocycles. The molecule has 0 aliphatic heterocycles. The van der Waals surface area contributed by atoms with E-state index in [4.69, 9.17) is 0 Å². The number of urea groups is 1. The summed E-state index contributed by atoms with van der Waals surface area (Å²) in [5, 5.41) is 6.03. The van der Waals surface area contributed by atoms with Gasteiger partial charge in [0.1, 0.15) is 0 Å². The van der Waals surface area contributed by atoms with Crippen LogP contribution in [0.1, 0.15) is 52.9 Å². The second-order valence-corrected chi connectivity index (χ2v) is 5.32. The first-order valence-electron chi connectivity index (χ1n) is 7.45. The summed E-state index contributed by atoms with van der Waals surface area (Å²) in [5.74, 6) is 0. The van der Waals surface area contributed by atoms with Gasteiger partial charge in [-0.25, -0.2) is 4.79 Å². The van der Waals surface area contributed by atoms with Gasteiger partial charge in [-0.05, 0) is 58.7 Å². The Morgan fingerprint density at radius 2 is 2.00 bits per heavy atom. The van der Waals surface area contributed by atoms with Crippen LogP contribution in [0.25, 0.3) is 0 Å². The Morgan fingerprint density at radius 1 is 1.33 bits per heavy atom. The average molecular weight is 255 g/mol. The summed E-state index contributed by atoms with van der Waals surface area (Å²) in [6, 6.07) is 0.698. The highest BCUT2D eigenvalue weighted by Crippen LogP contribution is 2.17. The Hall–Kier alpha value is -0.770. The van der Waals surface area contributed by atoms with Gasteiger partial charge in [0, 0.05) is 12.1 Å². The van der Waals surface area contributed by atoms with Gasteiger partial charge in [0.15, 0.2) is 0 Å². The zero-order chi connectivity index (χ0) is 13.4. The van der Waals surface area contributed by atoms with Crippen LogP contribution in [-0.2, 0) is 0 Å². The molecular formula is C14H29N3O. The van der Waals surface area contributed by atoms with Gasteiger partial charge in [-0.3, -0.25) is 0 Å². The summed E-state index contributed by atoms with van der Waals surface area (Å²) < 4.78 is 0. The van der Waals surface area contributed by atoms with Crippen molar-refractivity contribution >= 4 is 6.03 Å². The summed E-state index contributed by atoms with van der Waals surface area (Å²) in [6.07, 6.45) is 5.74. The third-order valence-corrected chi connectivity index (χ3v) is 3.82. The molecule has 0 spiro atoms. The van der Waals surface area contributed by atoms with Gasteiger partial charge in [0.25, 0.3) is 0 Å². The maximum absolute atomic E-state index is 11.6. The van der Waals surface area contributed by atoms with Gasteiger partial charge < -0.3 is 15.5 Å². The fourth-order valence-electron chi connectivity index (χ4n) is 2.24. The van der Waals surface area contributed by atoms with Crippen LogP contribution in [0.2, 0.25) is 0 Å². The number of nitrogens with one attached hydrogen (secondary N) is 2. The summed E-state index contributed by atoms with van der Waals surface area (Å²) in [7, 11) is 0. The second kappa shape index (κ2) is 8.35. The molecule has 1 unspecified atom stereocenters. The summed E-state index contributed by atoms with van der Waals surface area (Å²) in [5.41, 5.74) is 0. The minimum atomic E-state index is 0.00930. The SMILES string of the molecule is CCN(CC)CCCC(C)NC(=O)NC1CCC1. The molecule has 4 heteroatoms. The van der Waals surface area contributed by atoms with Crippen molar-refractivity contribution in [1.29, 1.82) is 0 Å². The van der Waals surface area contributed by atoms with Crippen molar-refractivity contribution in [3.63, 3.8) is 0 Å². The molecule has 0 aromatic rings. The molecule has 18 heavy (non-hydrogen) atoms. The first-order valence-corrected chi connectivity index (χ1v) is 7.45. The van der Waals surface area contributed by atoms with E-state index in [1.165, 1.54) is 6.42 Å². The van der Waals surface area contributed by atoms with E-state index in [0.717, 1.165) is 45.3 Å².